The van der Waals surface area contributed by atoms with Crippen molar-refractivity contribution < 1.29 is 9.72 Å². The fourth-order valence-corrected chi connectivity index (χ4v) is 2.27. The first-order chi connectivity index (χ1) is 12.0. The number of aromatic nitrogens is 5. The summed E-state index contributed by atoms with van der Waals surface area (Å²) in [6.07, 6.45) is 4.90. The Morgan fingerprint density at radius 3 is 2.88 bits per heavy atom. The molecular formula is C15H15N7O3. The van der Waals surface area contributed by atoms with Crippen molar-refractivity contribution in [2.45, 2.75) is 6.54 Å². The van der Waals surface area contributed by atoms with E-state index >= 15 is 0 Å². The van der Waals surface area contributed by atoms with Gasteiger partial charge in [0.1, 0.15) is 5.82 Å². The van der Waals surface area contributed by atoms with Crippen molar-refractivity contribution >= 4 is 11.6 Å². The number of hydrogen-bond donors (Lipinski definition) is 0. The van der Waals surface area contributed by atoms with Crippen LogP contribution in [0.5, 0.6) is 0 Å². The lowest BCUT2D eigenvalue weighted by atomic mass is 10.3. The zero-order chi connectivity index (χ0) is 18.0. The summed E-state index contributed by atoms with van der Waals surface area (Å²) >= 11 is 0. The van der Waals surface area contributed by atoms with E-state index in [1.165, 1.54) is 27.9 Å². The molecule has 10 nitrogen and oxygen atoms in total. The predicted molar refractivity (Wildman–Crippen MR) is 87.0 cm³/mol. The van der Waals surface area contributed by atoms with Gasteiger partial charge in [-0.05, 0) is 6.07 Å². The van der Waals surface area contributed by atoms with Crippen LogP contribution in [0.1, 0.15) is 16.3 Å². The predicted octanol–water partition coefficient (Wildman–Crippen LogP) is 1.18. The van der Waals surface area contributed by atoms with E-state index in [4.69, 9.17) is 0 Å². The molecule has 128 valence electrons. The van der Waals surface area contributed by atoms with Crippen LogP contribution in [0.2, 0.25) is 0 Å². The van der Waals surface area contributed by atoms with Crippen LogP contribution in [0.4, 0.5) is 5.69 Å². The van der Waals surface area contributed by atoms with Crippen LogP contribution in [0.3, 0.4) is 0 Å². The van der Waals surface area contributed by atoms with E-state index in [9.17, 15) is 14.9 Å². The highest BCUT2D eigenvalue weighted by Crippen LogP contribution is 2.16. The standard InChI is InChI=1S/C15H15N7O3/c1-19-7-6-16-14(19)10-20(2)15(23)13-9-21(18-17-13)11-4-3-5-12(8-11)22(24)25/h3-9H,10H2,1-2H3. The molecule has 0 spiro atoms. The normalized spacial score (nSPS) is 10.6. The molecule has 3 rings (SSSR count). The topological polar surface area (TPSA) is 112 Å². The molecule has 0 aliphatic carbocycles. The van der Waals surface area contributed by atoms with E-state index in [2.05, 4.69) is 15.3 Å². The summed E-state index contributed by atoms with van der Waals surface area (Å²) in [6, 6.07) is 5.94. The van der Waals surface area contributed by atoms with Gasteiger partial charge in [-0.15, -0.1) is 5.10 Å². The second-order valence-electron chi connectivity index (χ2n) is 5.44. The van der Waals surface area contributed by atoms with E-state index < -0.39 is 4.92 Å². The molecule has 0 fully saturated rings. The molecule has 25 heavy (non-hydrogen) atoms. The minimum absolute atomic E-state index is 0.0622. The Labute approximate surface area is 142 Å². The molecule has 0 N–H and O–H groups in total. The largest absolute Gasteiger partial charge is 0.337 e. The van der Waals surface area contributed by atoms with Gasteiger partial charge >= 0.3 is 0 Å². The Morgan fingerprint density at radius 1 is 1.40 bits per heavy atom. The van der Waals surface area contributed by atoms with Crippen molar-refractivity contribution in [2.24, 2.45) is 7.05 Å². The number of amides is 1. The van der Waals surface area contributed by atoms with Crippen molar-refractivity contribution in [1.29, 1.82) is 0 Å². The van der Waals surface area contributed by atoms with Crippen molar-refractivity contribution in [3.05, 3.63) is 64.5 Å². The number of carbonyl (C=O) groups excluding carboxylic acids is 1. The summed E-state index contributed by atoms with van der Waals surface area (Å²) in [5.41, 5.74) is 0.531. The number of carbonyl (C=O) groups is 1. The van der Waals surface area contributed by atoms with Crippen LogP contribution in [0, 0.1) is 10.1 Å². The van der Waals surface area contributed by atoms with Crippen molar-refractivity contribution in [2.75, 3.05) is 7.05 Å². The molecule has 1 aromatic carbocycles. The summed E-state index contributed by atoms with van der Waals surface area (Å²) in [6.45, 7) is 0.325. The van der Waals surface area contributed by atoms with Gasteiger partial charge in [0.15, 0.2) is 5.69 Å². The lowest BCUT2D eigenvalue weighted by molar-refractivity contribution is -0.384. The van der Waals surface area contributed by atoms with Gasteiger partial charge in [-0.1, -0.05) is 11.3 Å². The lowest BCUT2D eigenvalue weighted by Crippen LogP contribution is -2.27. The molecule has 10 heteroatoms. The molecule has 0 saturated carbocycles. The Balaban J connectivity index is 1.78. The molecular weight excluding hydrogens is 326 g/mol. The molecule has 0 aliphatic heterocycles. The number of imidazole rings is 1. The Morgan fingerprint density at radius 2 is 2.20 bits per heavy atom. The van der Waals surface area contributed by atoms with Gasteiger partial charge in [-0.3, -0.25) is 14.9 Å². The summed E-state index contributed by atoms with van der Waals surface area (Å²) < 4.78 is 3.15. The van der Waals surface area contributed by atoms with Gasteiger partial charge < -0.3 is 9.47 Å². The van der Waals surface area contributed by atoms with Crippen LogP contribution in [0.15, 0.2) is 42.9 Å². The van der Waals surface area contributed by atoms with Crippen LogP contribution >= 0.6 is 0 Å². The van der Waals surface area contributed by atoms with E-state index in [-0.39, 0.29) is 17.3 Å². The minimum atomic E-state index is -0.493. The summed E-state index contributed by atoms with van der Waals surface area (Å²) in [5, 5.41) is 18.6. The molecule has 0 saturated heterocycles. The van der Waals surface area contributed by atoms with Gasteiger partial charge in [-0.25, -0.2) is 9.67 Å². The Kier molecular flexibility index (Phi) is 4.25. The van der Waals surface area contributed by atoms with Crippen molar-refractivity contribution in [3.8, 4) is 5.69 Å². The van der Waals surface area contributed by atoms with Gasteiger partial charge in [0.25, 0.3) is 11.6 Å². The third-order valence-corrected chi connectivity index (χ3v) is 3.66. The van der Waals surface area contributed by atoms with Gasteiger partial charge in [0.05, 0.1) is 23.4 Å². The first-order valence-electron chi connectivity index (χ1n) is 7.34. The van der Waals surface area contributed by atoms with E-state index in [0.717, 1.165) is 5.82 Å². The number of non-ortho nitro benzene ring substituents is 1. The first-order valence-corrected chi connectivity index (χ1v) is 7.34. The average Bonchev–Trinajstić information content (AvgIpc) is 3.24. The smallest absolute Gasteiger partial charge is 0.276 e. The van der Waals surface area contributed by atoms with Crippen LogP contribution in [-0.2, 0) is 13.6 Å². The van der Waals surface area contributed by atoms with E-state index in [1.807, 2.05) is 11.6 Å². The SMILES string of the molecule is CN(Cc1nccn1C)C(=O)c1cn(-c2cccc([N+](=O)[O-])c2)nn1. The third kappa shape index (κ3) is 3.37. The summed E-state index contributed by atoms with van der Waals surface area (Å²) in [5.74, 6) is 0.418. The Bertz CT molecular complexity index is 931. The van der Waals surface area contributed by atoms with Crippen molar-refractivity contribution in [3.63, 3.8) is 0 Å². The number of benzene rings is 1. The highest BCUT2D eigenvalue weighted by molar-refractivity contribution is 5.91. The van der Waals surface area contributed by atoms with Gasteiger partial charge in [0.2, 0.25) is 0 Å². The molecule has 0 atom stereocenters. The van der Waals surface area contributed by atoms with Crippen molar-refractivity contribution in [1.82, 2.24) is 29.4 Å². The minimum Gasteiger partial charge on any atom is -0.337 e. The lowest BCUT2D eigenvalue weighted by Gasteiger charge is -2.15. The summed E-state index contributed by atoms with van der Waals surface area (Å²) in [7, 11) is 3.49. The summed E-state index contributed by atoms with van der Waals surface area (Å²) in [4.78, 5) is 28.5. The number of hydrogen-bond acceptors (Lipinski definition) is 6. The van der Waals surface area contributed by atoms with Gasteiger partial charge in [0, 0.05) is 38.6 Å². The average molecular weight is 341 g/mol. The third-order valence-electron chi connectivity index (χ3n) is 3.66. The number of nitro benzene ring substituents is 1. The number of nitrogens with zero attached hydrogens (tertiary/aromatic N) is 7. The second-order valence-corrected chi connectivity index (χ2v) is 5.44. The van der Waals surface area contributed by atoms with Crippen LogP contribution in [0.25, 0.3) is 5.69 Å². The van der Waals surface area contributed by atoms with Gasteiger partial charge in [-0.2, -0.15) is 0 Å². The maximum Gasteiger partial charge on any atom is 0.276 e. The molecule has 2 aromatic heterocycles. The number of nitro groups is 1. The van der Waals surface area contributed by atoms with E-state index in [1.54, 1.807) is 31.6 Å². The highest BCUT2D eigenvalue weighted by Gasteiger charge is 2.18. The quantitative estimate of drug-likeness (QED) is 0.509. The molecule has 2 heterocycles. The molecule has 0 bridgehead atoms. The maximum atomic E-state index is 12.5. The first kappa shape index (κ1) is 16.3. The van der Waals surface area contributed by atoms with Crippen LogP contribution < -0.4 is 0 Å². The fraction of sp³-hybridized carbons (Fsp3) is 0.200. The van der Waals surface area contributed by atoms with E-state index in [0.29, 0.717) is 12.2 Å². The molecule has 0 unspecified atom stereocenters. The van der Waals surface area contributed by atoms with Crippen LogP contribution in [-0.4, -0.2) is 47.3 Å². The Hall–Kier alpha value is -3.56. The molecule has 1 amide bonds. The second kappa shape index (κ2) is 6.51. The number of rotatable bonds is 5. The monoisotopic (exact) mass is 341 g/mol. The highest BCUT2D eigenvalue weighted by atomic mass is 16.6. The zero-order valence-corrected chi connectivity index (χ0v) is 13.6. The zero-order valence-electron chi connectivity index (χ0n) is 13.6. The molecule has 3 aromatic rings. The molecule has 0 aliphatic rings. The maximum absolute atomic E-state index is 12.5. The molecule has 0 radical (unpaired) electrons. The fourth-order valence-electron chi connectivity index (χ4n) is 2.27. The number of aryl methyl sites for hydroxylation is 1.